The lowest BCUT2D eigenvalue weighted by Crippen LogP contribution is -2.44. The highest BCUT2D eigenvalue weighted by Crippen LogP contribution is 2.27. The molecule has 2 N–H and O–H groups in total. The SMILES string of the molecule is COCCN(C(C)C)C(c1ccc(OC)cc1)C(C)N. The van der Waals surface area contributed by atoms with Gasteiger partial charge < -0.3 is 15.2 Å². The molecule has 1 rings (SSSR count). The molecular weight excluding hydrogens is 252 g/mol. The average molecular weight is 280 g/mol. The Labute approximate surface area is 122 Å². The van der Waals surface area contributed by atoms with Gasteiger partial charge in [0, 0.05) is 31.8 Å². The second-order valence-corrected chi connectivity index (χ2v) is 5.40. The second kappa shape index (κ2) is 8.25. The van der Waals surface area contributed by atoms with Gasteiger partial charge in [-0.25, -0.2) is 0 Å². The van der Waals surface area contributed by atoms with Crippen molar-refractivity contribution in [3.63, 3.8) is 0 Å². The Balaban J connectivity index is 2.99. The van der Waals surface area contributed by atoms with Crippen LogP contribution in [-0.4, -0.2) is 44.4 Å². The number of ether oxygens (including phenoxy) is 2. The van der Waals surface area contributed by atoms with Crippen LogP contribution in [0, 0.1) is 0 Å². The summed E-state index contributed by atoms with van der Waals surface area (Å²) < 4.78 is 10.4. The van der Waals surface area contributed by atoms with E-state index in [1.165, 1.54) is 5.56 Å². The molecule has 0 aliphatic heterocycles. The van der Waals surface area contributed by atoms with E-state index in [9.17, 15) is 0 Å². The number of hydrogen-bond acceptors (Lipinski definition) is 4. The molecule has 4 heteroatoms. The normalized spacial score (nSPS) is 14.6. The van der Waals surface area contributed by atoms with Crippen LogP contribution < -0.4 is 10.5 Å². The molecule has 0 aliphatic carbocycles. The minimum absolute atomic E-state index is 0.0441. The molecule has 0 fully saturated rings. The zero-order valence-corrected chi connectivity index (χ0v) is 13.3. The molecule has 1 aromatic rings. The number of methoxy groups -OCH3 is 2. The zero-order valence-electron chi connectivity index (χ0n) is 13.3. The van der Waals surface area contributed by atoms with E-state index in [4.69, 9.17) is 15.2 Å². The summed E-state index contributed by atoms with van der Waals surface area (Å²) in [6.45, 7) is 8.00. The van der Waals surface area contributed by atoms with Gasteiger partial charge in [0.15, 0.2) is 0 Å². The van der Waals surface area contributed by atoms with E-state index in [2.05, 4.69) is 37.8 Å². The molecule has 0 amide bonds. The number of rotatable bonds is 8. The Morgan fingerprint density at radius 2 is 1.70 bits per heavy atom. The third-order valence-electron chi connectivity index (χ3n) is 3.53. The third kappa shape index (κ3) is 4.47. The van der Waals surface area contributed by atoms with Crippen molar-refractivity contribution in [2.75, 3.05) is 27.4 Å². The zero-order chi connectivity index (χ0) is 15.1. The highest BCUT2D eigenvalue weighted by molar-refractivity contribution is 5.30. The maximum absolute atomic E-state index is 6.24. The van der Waals surface area contributed by atoms with E-state index < -0.39 is 0 Å². The summed E-state index contributed by atoms with van der Waals surface area (Å²) in [6, 6.07) is 8.78. The van der Waals surface area contributed by atoms with Gasteiger partial charge in [-0.05, 0) is 38.5 Å². The topological polar surface area (TPSA) is 47.7 Å². The number of nitrogens with two attached hydrogens (primary N) is 1. The predicted molar refractivity (Wildman–Crippen MR) is 83.1 cm³/mol. The Morgan fingerprint density at radius 3 is 2.10 bits per heavy atom. The van der Waals surface area contributed by atoms with E-state index in [1.54, 1.807) is 14.2 Å². The molecule has 4 nitrogen and oxygen atoms in total. The second-order valence-electron chi connectivity index (χ2n) is 5.40. The van der Waals surface area contributed by atoms with Gasteiger partial charge in [0.1, 0.15) is 5.75 Å². The van der Waals surface area contributed by atoms with Crippen molar-refractivity contribution in [3.8, 4) is 5.75 Å². The molecular formula is C16H28N2O2. The van der Waals surface area contributed by atoms with Crippen LogP contribution >= 0.6 is 0 Å². The van der Waals surface area contributed by atoms with Gasteiger partial charge in [0.25, 0.3) is 0 Å². The summed E-state index contributed by atoms with van der Waals surface area (Å²) in [5.41, 5.74) is 7.45. The van der Waals surface area contributed by atoms with Crippen LogP contribution in [0.2, 0.25) is 0 Å². The van der Waals surface area contributed by atoms with Crippen LogP contribution in [0.3, 0.4) is 0 Å². The standard InChI is InChI=1S/C16H28N2O2/c1-12(2)18(10-11-19-4)16(13(3)17)14-6-8-15(20-5)9-7-14/h6-9,12-13,16H,10-11,17H2,1-5H3. The first-order chi connectivity index (χ1) is 9.51. The van der Waals surface area contributed by atoms with Crippen molar-refractivity contribution in [3.05, 3.63) is 29.8 Å². The number of nitrogens with zero attached hydrogens (tertiary/aromatic N) is 1. The van der Waals surface area contributed by atoms with Gasteiger partial charge in [-0.2, -0.15) is 0 Å². The van der Waals surface area contributed by atoms with E-state index in [0.717, 1.165) is 12.3 Å². The lowest BCUT2D eigenvalue weighted by molar-refractivity contribution is 0.0863. The maximum atomic E-state index is 6.24. The van der Waals surface area contributed by atoms with Crippen molar-refractivity contribution < 1.29 is 9.47 Å². The van der Waals surface area contributed by atoms with Gasteiger partial charge in [0.2, 0.25) is 0 Å². The van der Waals surface area contributed by atoms with Gasteiger partial charge in [0.05, 0.1) is 13.7 Å². The molecule has 0 heterocycles. The summed E-state index contributed by atoms with van der Waals surface area (Å²) in [5.74, 6) is 0.866. The predicted octanol–water partition coefficient (Wildman–Crippen LogP) is 2.44. The quantitative estimate of drug-likeness (QED) is 0.794. The molecule has 2 unspecified atom stereocenters. The fourth-order valence-corrected chi connectivity index (χ4v) is 2.51. The van der Waals surface area contributed by atoms with E-state index in [-0.39, 0.29) is 12.1 Å². The first kappa shape index (κ1) is 17.0. The molecule has 20 heavy (non-hydrogen) atoms. The molecule has 0 radical (unpaired) electrons. The van der Waals surface area contributed by atoms with Gasteiger partial charge in [-0.3, -0.25) is 4.90 Å². The number of benzene rings is 1. The largest absolute Gasteiger partial charge is 0.497 e. The van der Waals surface area contributed by atoms with Crippen molar-refractivity contribution in [2.45, 2.75) is 38.9 Å². The lowest BCUT2D eigenvalue weighted by atomic mass is 9.97. The Bertz CT molecular complexity index is 377. The molecule has 0 saturated heterocycles. The van der Waals surface area contributed by atoms with Gasteiger partial charge in [-0.15, -0.1) is 0 Å². The summed E-state index contributed by atoms with van der Waals surface area (Å²) >= 11 is 0. The van der Waals surface area contributed by atoms with Crippen LogP contribution in [0.1, 0.15) is 32.4 Å². The first-order valence-corrected chi connectivity index (χ1v) is 7.15. The number of hydrogen-bond donors (Lipinski definition) is 1. The summed E-state index contributed by atoms with van der Waals surface area (Å²) in [7, 11) is 3.41. The lowest BCUT2D eigenvalue weighted by Gasteiger charge is -2.37. The monoisotopic (exact) mass is 280 g/mol. The van der Waals surface area contributed by atoms with Crippen LogP contribution in [0.15, 0.2) is 24.3 Å². The average Bonchev–Trinajstić information content (AvgIpc) is 2.43. The van der Waals surface area contributed by atoms with Crippen LogP contribution in [-0.2, 0) is 4.74 Å². The molecule has 0 aliphatic rings. The van der Waals surface area contributed by atoms with Crippen LogP contribution in [0.5, 0.6) is 5.75 Å². The molecule has 0 saturated carbocycles. The first-order valence-electron chi connectivity index (χ1n) is 7.15. The van der Waals surface area contributed by atoms with Crippen molar-refractivity contribution >= 4 is 0 Å². The highest BCUT2D eigenvalue weighted by Gasteiger charge is 2.25. The molecule has 2 atom stereocenters. The van der Waals surface area contributed by atoms with Gasteiger partial charge >= 0.3 is 0 Å². The highest BCUT2D eigenvalue weighted by atomic mass is 16.5. The molecule has 1 aromatic carbocycles. The fraction of sp³-hybridized carbons (Fsp3) is 0.625. The molecule has 0 aromatic heterocycles. The third-order valence-corrected chi connectivity index (χ3v) is 3.53. The Hall–Kier alpha value is -1.10. The van der Waals surface area contributed by atoms with E-state index in [0.29, 0.717) is 12.6 Å². The fourth-order valence-electron chi connectivity index (χ4n) is 2.51. The van der Waals surface area contributed by atoms with Crippen LogP contribution in [0.4, 0.5) is 0 Å². The van der Waals surface area contributed by atoms with E-state index >= 15 is 0 Å². The molecule has 0 bridgehead atoms. The summed E-state index contributed by atoms with van der Waals surface area (Å²) in [5, 5.41) is 0. The van der Waals surface area contributed by atoms with Crippen molar-refractivity contribution in [2.24, 2.45) is 5.73 Å². The van der Waals surface area contributed by atoms with Crippen molar-refractivity contribution in [1.29, 1.82) is 0 Å². The smallest absolute Gasteiger partial charge is 0.118 e. The summed E-state index contributed by atoms with van der Waals surface area (Å²) in [6.07, 6.45) is 0. The van der Waals surface area contributed by atoms with Crippen molar-refractivity contribution in [1.82, 2.24) is 4.90 Å². The summed E-state index contributed by atoms with van der Waals surface area (Å²) in [4.78, 5) is 2.38. The Morgan fingerprint density at radius 1 is 1.10 bits per heavy atom. The minimum atomic E-state index is 0.0441. The maximum Gasteiger partial charge on any atom is 0.118 e. The van der Waals surface area contributed by atoms with Gasteiger partial charge in [-0.1, -0.05) is 12.1 Å². The van der Waals surface area contributed by atoms with E-state index in [1.807, 2.05) is 12.1 Å². The molecule has 0 spiro atoms. The Kier molecular flexibility index (Phi) is 6.99. The van der Waals surface area contributed by atoms with Crippen LogP contribution in [0.25, 0.3) is 0 Å². The minimum Gasteiger partial charge on any atom is -0.497 e. The molecule has 114 valence electrons.